The van der Waals surface area contributed by atoms with Crippen LogP contribution in [0.5, 0.6) is 5.75 Å². The molecule has 2 aromatic rings. The zero-order chi connectivity index (χ0) is 16.8. The molecule has 0 aliphatic carbocycles. The minimum atomic E-state index is -1.14. The summed E-state index contributed by atoms with van der Waals surface area (Å²) in [6, 6.07) is 10.1. The van der Waals surface area contributed by atoms with E-state index in [1.165, 1.54) is 31.4 Å². The number of anilines is 1. The smallest absolute Gasteiger partial charge is 0.319 e. The van der Waals surface area contributed by atoms with Crippen LogP contribution >= 0.6 is 11.6 Å². The van der Waals surface area contributed by atoms with Crippen molar-refractivity contribution in [1.29, 1.82) is 0 Å². The molecule has 0 bridgehead atoms. The minimum absolute atomic E-state index is 0.125. The number of rotatable bonds is 5. The molecule has 0 fully saturated rings. The molecule has 0 unspecified atom stereocenters. The molecular formula is C16H16ClFN2O3. The highest BCUT2D eigenvalue weighted by molar-refractivity contribution is 6.32. The highest BCUT2D eigenvalue weighted by Gasteiger charge is 2.13. The third-order valence-electron chi connectivity index (χ3n) is 3.13. The van der Waals surface area contributed by atoms with Crippen molar-refractivity contribution in [2.75, 3.05) is 19.0 Å². The molecule has 3 N–H and O–H groups in total. The summed E-state index contributed by atoms with van der Waals surface area (Å²) in [4.78, 5) is 11.8. The van der Waals surface area contributed by atoms with Gasteiger partial charge in [0.05, 0.1) is 18.2 Å². The molecule has 0 radical (unpaired) electrons. The van der Waals surface area contributed by atoms with Gasteiger partial charge in [-0.05, 0) is 24.3 Å². The number of nitrogens with one attached hydrogen (secondary N) is 2. The minimum Gasteiger partial charge on any atom is -0.495 e. The summed E-state index contributed by atoms with van der Waals surface area (Å²) in [6.45, 7) is -0.128. The third-order valence-corrected chi connectivity index (χ3v) is 3.43. The molecule has 122 valence electrons. The van der Waals surface area contributed by atoms with Crippen molar-refractivity contribution in [3.05, 3.63) is 58.9 Å². The quantitative estimate of drug-likeness (QED) is 0.783. The summed E-state index contributed by atoms with van der Waals surface area (Å²) in [5, 5.41) is 15.3. The Hall–Kier alpha value is -2.31. The maximum atomic E-state index is 13.5. The highest BCUT2D eigenvalue weighted by Crippen LogP contribution is 2.27. The van der Waals surface area contributed by atoms with Crippen LogP contribution in [-0.2, 0) is 0 Å². The first-order chi connectivity index (χ1) is 11.0. The molecule has 0 spiro atoms. The van der Waals surface area contributed by atoms with Crippen LogP contribution < -0.4 is 15.4 Å². The number of carbonyl (C=O) groups excluding carboxylic acids is 1. The number of aliphatic hydroxyl groups is 1. The summed E-state index contributed by atoms with van der Waals surface area (Å²) in [6.07, 6.45) is -1.14. The molecule has 2 aromatic carbocycles. The zero-order valence-corrected chi connectivity index (χ0v) is 13.1. The van der Waals surface area contributed by atoms with Gasteiger partial charge in [0.25, 0.3) is 0 Å². The van der Waals surface area contributed by atoms with Gasteiger partial charge in [0.15, 0.2) is 0 Å². The van der Waals surface area contributed by atoms with Gasteiger partial charge < -0.3 is 20.5 Å². The van der Waals surface area contributed by atoms with E-state index in [-0.39, 0.29) is 12.1 Å². The SMILES string of the molecule is COc1ccc(NC(=O)NC[C@@H](O)c2ccccc2F)cc1Cl. The van der Waals surface area contributed by atoms with E-state index >= 15 is 0 Å². The van der Waals surface area contributed by atoms with Crippen molar-refractivity contribution in [1.82, 2.24) is 5.32 Å². The normalized spacial score (nSPS) is 11.7. The van der Waals surface area contributed by atoms with Gasteiger partial charge in [-0.3, -0.25) is 0 Å². The number of hydrogen-bond donors (Lipinski definition) is 3. The summed E-state index contributed by atoms with van der Waals surface area (Å²) in [5.74, 6) is -0.0308. The predicted molar refractivity (Wildman–Crippen MR) is 86.4 cm³/mol. The number of carbonyl (C=O) groups is 1. The van der Waals surface area contributed by atoms with Crippen LogP contribution in [0.15, 0.2) is 42.5 Å². The van der Waals surface area contributed by atoms with E-state index in [1.54, 1.807) is 18.2 Å². The Morgan fingerprint density at radius 2 is 2.09 bits per heavy atom. The predicted octanol–water partition coefficient (Wildman–Crippen LogP) is 3.34. The average molecular weight is 339 g/mol. The molecule has 0 heterocycles. The van der Waals surface area contributed by atoms with Crippen molar-refractivity contribution in [3.8, 4) is 5.75 Å². The maximum Gasteiger partial charge on any atom is 0.319 e. The Balaban J connectivity index is 1.90. The first-order valence-electron chi connectivity index (χ1n) is 6.82. The van der Waals surface area contributed by atoms with E-state index in [4.69, 9.17) is 16.3 Å². The van der Waals surface area contributed by atoms with E-state index in [1.807, 2.05) is 0 Å². The van der Waals surface area contributed by atoms with E-state index in [2.05, 4.69) is 10.6 Å². The van der Waals surface area contributed by atoms with Crippen LogP contribution in [0.1, 0.15) is 11.7 Å². The molecule has 7 heteroatoms. The molecule has 0 aromatic heterocycles. The Morgan fingerprint density at radius 3 is 2.74 bits per heavy atom. The molecule has 1 atom stereocenters. The number of hydrogen-bond acceptors (Lipinski definition) is 3. The summed E-state index contributed by atoms with van der Waals surface area (Å²) in [7, 11) is 1.49. The first kappa shape index (κ1) is 17.1. The Kier molecular flexibility index (Phi) is 5.78. The molecule has 23 heavy (non-hydrogen) atoms. The molecule has 2 amide bonds. The Labute approximate surface area is 138 Å². The van der Waals surface area contributed by atoms with Crippen LogP contribution in [0.2, 0.25) is 5.02 Å². The molecule has 5 nitrogen and oxygen atoms in total. The van der Waals surface area contributed by atoms with Crippen molar-refractivity contribution in [2.24, 2.45) is 0 Å². The Bertz CT molecular complexity index is 697. The van der Waals surface area contributed by atoms with Gasteiger partial charge in [0.2, 0.25) is 0 Å². The van der Waals surface area contributed by atoms with Crippen LogP contribution in [0.4, 0.5) is 14.9 Å². The van der Waals surface area contributed by atoms with Crippen molar-refractivity contribution in [3.63, 3.8) is 0 Å². The monoisotopic (exact) mass is 338 g/mol. The topological polar surface area (TPSA) is 70.6 Å². The lowest BCUT2D eigenvalue weighted by Crippen LogP contribution is -2.32. The van der Waals surface area contributed by atoms with Gasteiger partial charge in [-0.1, -0.05) is 29.8 Å². The number of halogens is 2. The lowest BCUT2D eigenvalue weighted by atomic mass is 10.1. The molecule has 0 saturated carbocycles. The van der Waals surface area contributed by atoms with Crippen LogP contribution in [0.3, 0.4) is 0 Å². The molecule has 2 rings (SSSR count). The van der Waals surface area contributed by atoms with Crippen LogP contribution in [0, 0.1) is 5.82 Å². The standard InChI is InChI=1S/C16H16ClFN2O3/c1-23-15-7-6-10(8-12(15)17)20-16(22)19-9-14(21)11-4-2-3-5-13(11)18/h2-8,14,21H,9H2,1H3,(H2,19,20,22)/t14-/m1/s1. The van der Waals surface area contributed by atoms with E-state index in [9.17, 15) is 14.3 Å². The van der Waals surface area contributed by atoms with Gasteiger partial charge in [-0.2, -0.15) is 0 Å². The second-order valence-corrected chi connectivity index (χ2v) is 5.13. The number of ether oxygens (including phenoxy) is 1. The molecular weight excluding hydrogens is 323 g/mol. The van der Waals surface area contributed by atoms with E-state index in [0.29, 0.717) is 16.5 Å². The van der Waals surface area contributed by atoms with Gasteiger partial charge >= 0.3 is 6.03 Å². The highest BCUT2D eigenvalue weighted by atomic mass is 35.5. The summed E-state index contributed by atoms with van der Waals surface area (Å²) < 4.78 is 18.5. The summed E-state index contributed by atoms with van der Waals surface area (Å²) in [5.41, 5.74) is 0.592. The van der Waals surface area contributed by atoms with Gasteiger partial charge in [0.1, 0.15) is 11.6 Å². The maximum absolute atomic E-state index is 13.5. The van der Waals surface area contributed by atoms with E-state index in [0.717, 1.165) is 0 Å². The number of urea groups is 1. The lowest BCUT2D eigenvalue weighted by Gasteiger charge is -2.14. The third kappa shape index (κ3) is 4.58. The van der Waals surface area contributed by atoms with E-state index < -0.39 is 18.0 Å². The molecule has 0 saturated heterocycles. The fraction of sp³-hybridized carbons (Fsp3) is 0.188. The van der Waals surface area contributed by atoms with Crippen molar-refractivity contribution in [2.45, 2.75) is 6.10 Å². The largest absolute Gasteiger partial charge is 0.495 e. The summed E-state index contributed by atoms with van der Waals surface area (Å²) >= 11 is 5.96. The number of aliphatic hydroxyl groups excluding tert-OH is 1. The van der Waals surface area contributed by atoms with Gasteiger partial charge in [-0.15, -0.1) is 0 Å². The fourth-order valence-corrected chi connectivity index (χ4v) is 2.22. The molecule has 0 aliphatic rings. The number of methoxy groups -OCH3 is 1. The second-order valence-electron chi connectivity index (χ2n) is 4.72. The molecule has 0 aliphatic heterocycles. The first-order valence-corrected chi connectivity index (χ1v) is 7.20. The Morgan fingerprint density at radius 1 is 1.35 bits per heavy atom. The zero-order valence-electron chi connectivity index (χ0n) is 12.3. The number of amides is 2. The van der Waals surface area contributed by atoms with Gasteiger partial charge in [0, 0.05) is 17.8 Å². The van der Waals surface area contributed by atoms with Crippen molar-refractivity contribution >= 4 is 23.3 Å². The van der Waals surface area contributed by atoms with Crippen LogP contribution in [0.25, 0.3) is 0 Å². The second kappa shape index (κ2) is 7.80. The lowest BCUT2D eigenvalue weighted by molar-refractivity contribution is 0.170. The number of benzene rings is 2. The van der Waals surface area contributed by atoms with Crippen molar-refractivity contribution < 1.29 is 19.0 Å². The fourth-order valence-electron chi connectivity index (χ4n) is 1.96. The van der Waals surface area contributed by atoms with Crippen LogP contribution in [-0.4, -0.2) is 24.8 Å². The van der Waals surface area contributed by atoms with Gasteiger partial charge in [-0.25, -0.2) is 9.18 Å². The average Bonchev–Trinajstić information content (AvgIpc) is 2.53.